The van der Waals surface area contributed by atoms with Crippen LogP contribution in [0.5, 0.6) is 0 Å². The monoisotopic (exact) mass is 377 g/mol. The van der Waals surface area contributed by atoms with Crippen LogP contribution in [-0.2, 0) is 6.42 Å². The van der Waals surface area contributed by atoms with E-state index in [4.69, 9.17) is 35.4 Å². The van der Waals surface area contributed by atoms with Crippen molar-refractivity contribution in [1.29, 1.82) is 0 Å². The predicted molar refractivity (Wildman–Crippen MR) is 107 cm³/mol. The molecule has 124 valence electrons. The number of aromatic nitrogens is 1. The van der Waals surface area contributed by atoms with E-state index in [2.05, 4.69) is 22.5 Å². The molecule has 6 heteroatoms. The number of rotatable bonds is 4. The second kappa shape index (κ2) is 7.43. The van der Waals surface area contributed by atoms with Gasteiger partial charge >= 0.3 is 0 Å². The lowest BCUT2D eigenvalue weighted by Crippen LogP contribution is -2.30. The molecule has 0 fully saturated rings. The van der Waals surface area contributed by atoms with Crippen LogP contribution in [0, 0.1) is 6.92 Å². The Morgan fingerprint density at radius 2 is 1.92 bits per heavy atom. The van der Waals surface area contributed by atoms with E-state index in [1.165, 1.54) is 5.56 Å². The summed E-state index contributed by atoms with van der Waals surface area (Å²) in [5.74, 6) is 0. The number of benzene rings is 2. The summed E-state index contributed by atoms with van der Waals surface area (Å²) in [4.78, 5) is 3.39. The highest BCUT2D eigenvalue weighted by Crippen LogP contribution is 2.25. The van der Waals surface area contributed by atoms with Gasteiger partial charge in [-0.1, -0.05) is 29.3 Å². The summed E-state index contributed by atoms with van der Waals surface area (Å²) >= 11 is 17.4. The molecular weight excluding hydrogens is 361 g/mol. The number of anilines is 1. The Morgan fingerprint density at radius 3 is 2.71 bits per heavy atom. The summed E-state index contributed by atoms with van der Waals surface area (Å²) in [5.41, 5.74) is 4.38. The number of hydrogen-bond acceptors (Lipinski definition) is 1. The van der Waals surface area contributed by atoms with Crippen LogP contribution in [0.3, 0.4) is 0 Å². The molecule has 24 heavy (non-hydrogen) atoms. The fourth-order valence-electron chi connectivity index (χ4n) is 2.72. The van der Waals surface area contributed by atoms with E-state index in [1.807, 2.05) is 42.5 Å². The summed E-state index contributed by atoms with van der Waals surface area (Å²) in [7, 11) is 0. The lowest BCUT2D eigenvalue weighted by atomic mass is 10.1. The molecule has 1 heterocycles. The molecule has 3 nitrogen and oxygen atoms in total. The smallest absolute Gasteiger partial charge is 0.170 e. The summed E-state index contributed by atoms with van der Waals surface area (Å²) < 4.78 is 0. The molecule has 0 amide bonds. The molecule has 2 aromatic carbocycles. The molecule has 3 rings (SSSR count). The Labute approximate surface area is 156 Å². The highest BCUT2D eigenvalue weighted by atomic mass is 35.5. The van der Waals surface area contributed by atoms with E-state index in [0.717, 1.165) is 40.3 Å². The molecule has 0 aliphatic carbocycles. The van der Waals surface area contributed by atoms with E-state index >= 15 is 0 Å². The molecule has 0 aliphatic rings. The number of nitrogens with one attached hydrogen (secondary N) is 3. The Balaban J connectivity index is 1.61. The molecule has 0 unspecified atom stereocenters. The molecule has 0 aliphatic heterocycles. The number of hydrogen-bond donors (Lipinski definition) is 3. The van der Waals surface area contributed by atoms with E-state index in [9.17, 15) is 0 Å². The standard InChI is InChI=1S/C18H17Cl2N3S/c1-11-15(16-10-13(20)5-6-17(16)22-11)7-8-21-18(24)23-14-4-2-3-12(19)9-14/h2-6,9-10,22H,7-8H2,1H3,(H2,21,23,24). The number of aromatic amines is 1. The van der Waals surface area contributed by atoms with Crippen molar-refractivity contribution in [1.82, 2.24) is 10.3 Å². The second-order valence-corrected chi connectivity index (χ2v) is 6.84. The van der Waals surface area contributed by atoms with Gasteiger partial charge in [0.1, 0.15) is 0 Å². The third-order valence-corrected chi connectivity index (χ3v) is 4.54. The zero-order chi connectivity index (χ0) is 17.1. The summed E-state index contributed by atoms with van der Waals surface area (Å²) in [6, 6.07) is 13.4. The van der Waals surface area contributed by atoms with Crippen molar-refractivity contribution in [2.24, 2.45) is 0 Å². The van der Waals surface area contributed by atoms with Crippen LogP contribution >= 0.6 is 35.4 Å². The van der Waals surface area contributed by atoms with Crippen molar-refractivity contribution >= 4 is 57.1 Å². The average Bonchev–Trinajstić information content (AvgIpc) is 2.83. The Kier molecular flexibility index (Phi) is 5.29. The van der Waals surface area contributed by atoms with Crippen molar-refractivity contribution in [2.45, 2.75) is 13.3 Å². The topological polar surface area (TPSA) is 39.9 Å². The molecular formula is C18H17Cl2N3S. The quantitative estimate of drug-likeness (QED) is 0.539. The molecule has 1 aromatic heterocycles. The normalized spacial score (nSPS) is 10.8. The van der Waals surface area contributed by atoms with Gasteiger partial charge in [-0.25, -0.2) is 0 Å². The largest absolute Gasteiger partial charge is 0.362 e. The van der Waals surface area contributed by atoms with Crippen molar-refractivity contribution in [3.63, 3.8) is 0 Å². The molecule has 3 aromatic rings. The maximum absolute atomic E-state index is 6.12. The second-order valence-electron chi connectivity index (χ2n) is 5.56. The van der Waals surface area contributed by atoms with Gasteiger partial charge in [0.2, 0.25) is 0 Å². The van der Waals surface area contributed by atoms with Gasteiger partial charge in [0.05, 0.1) is 0 Å². The highest BCUT2D eigenvalue weighted by Gasteiger charge is 2.09. The van der Waals surface area contributed by atoms with Gasteiger partial charge in [-0.15, -0.1) is 0 Å². The summed E-state index contributed by atoms with van der Waals surface area (Å²) in [5, 5.41) is 9.52. The minimum absolute atomic E-state index is 0.577. The fourth-order valence-corrected chi connectivity index (χ4v) is 3.30. The number of H-pyrrole nitrogens is 1. The first kappa shape index (κ1) is 17.1. The van der Waals surface area contributed by atoms with Gasteiger partial charge in [-0.3, -0.25) is 0 Å². The van der Waals surface area contributed by atoms with E-state index in [-0.39, 0.29) is 0 Å². The first-order valence-electron chi connectivity index (χ1n) is 7.60. The van der Waals surface area contributed by atoms with E-state index < -0.39 is 0 Å². The zero-order valence-corrected chi connectivity index (χ0v) is 15.4. The van der Waals surface area contributed by atoms with Crippen molar-refractivity contribution in [3.8, 4) is 0 Å². The van der Waals surface area contributed by atoms with Gasteiger partial charge in [0.25, 0.3) is 0 Å². The first-order valence-corrected chi connectivity index (χ1v) is 8.76. The van der Waals surface area contributed by atoms with Crippen LogP contribution in [0.4, 0.5) is 5.69 Å². The lowest BCUT2D eigenvalue weighted by Gasteiger charge is -2.11. The fraction of sp³-hybridized carbons (Fsp3) is 0.167. The lowest BCUT2D eigenvalue weighted by molar-refractivity contribution is 0.871. The molecule has 0 atom stereocenters. The highest BCUT2D eigenvalue weighted by molar-refractivity contribution is 7.80. The van der Waals surface area contributed by atoms with Crippen LogP contribution in [0.2, 0.25) is 10.0 Å². The zero-order valence-electron chi connectivity index (χ0n) is 13.1. The Bertz CT molecular complexity index is 889. The average molecular weight is 378 g/mol. The number of aryl methyl sites for hydroxylation is 1. The molecule has 0 saturated heterocycles. The van der Waals surface area contributed by atoms with Crippen molar-refractivity contribution < 1.29 is 0 Å². The predicted octanol–water partition coefficient (Wildman–Crippen LogP) is 5.31. The third kappa shape index (κ3) is 4.01. The molecule has 0 bridgehead atoms. The third-order valence-electron chi connectivity index (χ3n) is 3.82. The van der Waals surface area contributed by atoms with Gasteiger partial charge < -0.3 is 15.6 Å². The Hall–Kier alpha value is -1.75. The summed E-state index contributed by atoms with van der Waals surface area (Å²) in [6.07, 6.45) is 0.851. The first-order chi connectivity index (χ1) is 11.5. The van der Waals surface area contributed by atoms with E-state index in [0.29, 0.717) is 10.1 Å². The van der Waals surface area contributed by atoms with Crippen LogP contribution < -0.4 is 10.6 Å². The van der Waals surface area contributed by atoms with Crippen molar-refractivity contribution in [3.05, 3.63) is 63.8 Å². The number of thiocarbonyl (C=S) groups is 1. The molecule has 0 spiro atoms. The SMILES string of the molecule is Cc1[nH]c2ccc(Cl)cc2c1CCNC(=S)Nc1cccc(Cl)c1. The van der Waals surface area contributed by atoms with Gasteiger partial charge in [-0.2, -0.15) is 0 Å². The Morgan fingerprint density at radius 1 is 1.12 bits per heavy atom. The molecule has 0 radical (unpaired) electrons. The van der Waals surface area contributed by atoms with Crippen LogP contribution in [0.15, 0.2) is 42.5 Å². The summed E-state index contributed by atoms with van der Waals surface area (Å²) in [6.45, 7) is 2.80. The van der Waals surface area contributed by atoms with Crippen LogP contribution in [-0.4, -0.2) is 16.6 Å². The van der Waals surface area contributed by atoms with Gasteiger partial charge in [-0.05, 0) is 67.5 Å². The minimum Gasteiger partial charge on any atom is -0.362 e. The van der Waals surface area contributed by atoms with Gasteiger partial charge in [0, 0.05) is 38.9 Å². The maximum Gasteiger partial charge on any atom is 0.170 e. The molecule has 3 N–H and O–H groups in total. The van der Waals surface area contributed by atoms with E-state index in [1.54, 1.807) is 0 Å². The number of fused-ring (bicyclic) bond motifs is 1. The molecule has 0 saturated carbocycles. The van der Waals surface area contributed by atoms with Crippen LogP contribution in [0.1, 0.15) is 11.3 Å². The van der Waals surface area contributed by atoms with Gasteiger partial charge in [0.15, 0.2) is 5.11 Å². The van der Waals surface area contributed by atoms with Crippen LogP contribution in [0.25, 0.3) is 10.9 Å². The van der Waals surface area contributed by atoms with Crippen molar-refractivity contribution in [2.75, 3.05) is 11.9 Å². The number of halogens is 2. The maximum atomic E-state index is 6.12. The minimum atomic E-state index is 0.577.